The van der Waals surface area contributed by atoms with Crippen LogP contribution in [0.2, 0.25) is 0 Å². The molecule has 1 N–H and O–H groups in total. The quantitative estimate of drug-likeness (QED) is 0.863. The number of aromatic nitrogens is 2. The molecule has 2 heterocycles. The number of thiophene rings is 1. The van der Waals surface area contributed by atoms with Gasteiger partial charge in [-0.1, -0.05) is 0 Å². The highest BCUT2D eigenvalue weighted by atomic mass is 32.1. The van der Waals surface area contributed by atoms with Crippen LogP contribution in [0.4, 0.5) is 5.69 Å². The zero-order valence-electron chi connectivity index (χ0n) is 9.68. The van der Waals surface area contributed by atoms with Gasteiger partial charge in [-0.05, 0) is 42.7 Å². The minimum atomic E-state index is 0.434. The van der Waals surface area contributed by atoms with Gasteiger partial charge >= 0.3 is 0 Å². The van der Waals surface area contributed by atoms with E-state index in [-0.39, 0.29) is 0 Å². The van der Waals surface area contributed by atoms with Crippen LogP contribution >= 0.6 is 11.3 Å². The summed E-state index contributed by atoms with van der Waals surface area (Å²) in [4.78, 5) is 0. The van der Waals surface area contributed by atoms with E-state index in [1.54, 1.807) is 11.3 Å². The third-order valence-electron chi connectivity index (χ3n) is 2.49. The summed E-state index contributed by atoms with van der Waals surface area (Å²) in [5.74, 6) is 0. The van der Waals surface area contributed by atoms with Gasteiger partial charge in [0.05, 0.1) is 11.9 Å². The standard InChI is InChI=1S/C12H17N3S/c1-3-15-8-12(7-13-15)14-10(2)6-11-4-5-16-9-11/h4-5,7-10,14H,3,6H2,1-2H3. The number of aryl methyl sites for hydroxylation is 1. The minimum Gasteiger partial charge on any atom is -0.380 e. The molecule has 0 saturated carbocycles. The summed E-state index contributed by atoms with van der Waals surface area (Å²) >= 11 is 1.75. The SMILES string of the molecule is CCn1cc(NC(C)Cc2ccsc2)cn1. The molecule has 0 aliphatic rings. The Kier molecular flexibility index (Phi) is 3.62. The number of nitrogens with one attached hydrogen (secondary N) is 1. The number of nitrogens with zero attached hydrogens (tertiary/aromatic N) is 2. The second-order valence-corrected chi connectivity index (χ2v) is 4.75. The number of anilines is 1. The Hall–Kier alpha value is -1.29. The first-order chi connectivity index (χ1) is 7.78. The van der Waals surface area contributed by atoms with E-state index in [2.05, 4.69) is 41.1 Å². The van der Waals surface area contributed by atoms with Crippen molar-refractivity contribution >= 4 is 17.0 Å². The lowest BCUT2D eigenvalue weighted by molar-refractivity contribution is 0.660. The summed E-state index contributed by atoms with van der Waals surface area (Å²) in [5.41, 5.74) is 2.50. The summed E-state index contributed by atoms with van der Waals surface area (Å²) in [6, 6.07) is 2.61. The average Bonchev–Trinajstić information content (AvgIpc) is 2.89. The molecule has 0 spiro atoms. The lowest BCUT2D eigenvalue weighted by atomic mass is 10.1. The van der Waals surface area contributed by atoms with Gasteiger partial charge in [-0.2, -0.15) is 16.4 Å². The predicted octanol–water partition coefficient (Wildman–Crippen LogP) is 3.01. The molecule has 0 radical (unpaired) electrons. The summed E-state index contributed by atoms with van der Waals surface area (Å²) in [6.07, 6.45) is 4.98. The molecule has 0 amide bonds. The predicted molar refractivity (Wildman–Crippen MR) is 69.0 cm³/mol. The van der Waals surface area contributed by atoms with E-state index in [9.17, 15) is 0 Å². The summed E-state index contributed by atoms with van der Waals surface area (Å²) in [7, 11) is 0. The molecule has 16 heavy (non-hydrogen) atoms. The lowest BCUT2D eigenvalue weighted by Gasteiger charge is -2.12. The maximum atomic E-state index is 4.24. The van der Waals surface area contributed by atoms with Crippen LogP contribution in [0.5, 0.6) is 0 Å². The highest BCUT2D eigenvalue weighted by molar-refractivity contribution is 7.07. The van der Waals surface area contributed by atoms with Gasteiger partial charge in [0.1, 0.15) is 0 Å². The molecule has 0 bridgehead atoms. The monoisotopic (exact) mass is 235 g/mol. The van der Waals surface area contributed by atoms with Crippen LogP contribution in [0.3, 0.4) is 0 Å². The van der Waals surface area contributed by atoms with Crippen molar-refractivity contribution in [3.05, 3.63) is 34.8 Å². The lowest BCUT2D eigenvalue weighted by Crippen LogP contribution is -2.17. The molecule has 4 heteroatoms. The summed E-state index contributed by atoms with van der Waals surface area (Å²) in [6.45, 7) is 5.20. The highest BCUT2D eigenvalue weighted by Crippen LogP contribution is 2.12. The molecular weight excluding hydrogens is 218 g/mol. The largest absolute Gasteiger partial charge is 0.380 e. The Balaban J connectivity index is 1.89. The third-order valence-corrected chi connectivity index (χ3v) is 3.22. The van der Waals surface area contributed by atoms with Gasteiger partial charge in [-0.3, -0.25) is 4.68 Å². The molecule has 0 aromatic carbocycles. The first-order valence-corrected chi connectivity index (χ1v) is 6.52. The molecule has 86 valence electrons. The van der Waals surface area contributed by atoms with Crippen LogP contribution in [0.15, 0.2) is 29.2 Å². The highest BCUT2D eigenvalue weighted by Gasteiger charge is 2.05. The van der Waals surface area contributed by atoms with Gasteiger partial charge in [0.2, 0.25) is 0 Å². The Bertz CT molecular complexity index is 419. The second-order valence-electron chi connectivity index (χ2n) is 3.97. The van der Waals surface area contributed by atoms with Crippen molar-refractivity contribution in [2.24, 2.45) is 0 Å². The van der Waals surface area contributed by atoms with Crippen LogP contribution < -0.4 is 5.32 Å². The summed E-state index contributed by atoms with van der Waals surface area (Å²) in [5, 5.41) is 12.0. The molecule has 1 unspecified atom stereocenters. The molecule has 3 nitrogen and oxygen atoms in total. The van der Waals surface area contributed by atoms with E-state index in [4.69, 9.17) is 0 Å². The van der Waals surface area contributed by atoms with Gasteiger partial charge in [-0.25, -0.2) is 0 Å². The fourth-order valence-corrected chi connectivity index (χ4v) is 2.39. The van der Waals surface area contributed by atoms with E-state index in [0.717, 1.165) is 18.7 Å². The van der Waals surface area contributed by atoms with E-state index >= 15 is 0 Å². The van der Waals surface area contributed by atoms with Gasteiger partial charge in [-0.15, -0.1) is 0 Å². The Morgan fingerprint density at radius 2 is 2.44 bits per heavy atom. The summed E-state index contributed by atoms with van der Waals surface area (Å²) < 4.78 is 1.93. The van der Waals surface area contributed by atoms with Crippen molar-refractivity contribution in [3.8, 4) is 0 Å². The third kappa shape index (κ3) is 2.85. The average molecular weight is 235 g/mol. The van der Waals surface area contributed by atoms with Gasteiger partial charge in [0.25, 0.3) is 0 Å². The van der Waals surface area contributed by atoms with Crippen LogP contribution in [-0.4, -0.2) is 15.8 Å². The van der Waals surface area contributed by atoms with Crippen molar-refractivity contribution in [2.45, 2.75) is 32.9 Å². The van der Waals surface area contributed by atoms with E-state index in [1.165, 1.54) is 5.56 Å². The maximum absolute atomic E-state index is 4.24. The normalized spacial score (nSPS) is 12.6. The Morgan fingerprint density at radius 3 is 3.06 bits per heavy atom. The van der Waals surface area contributed by atoms with Crippen molar-refractivity contribution < 1.29 is 0 Å². The Morgan fingerprint density at radius 1 is 1.56 bits per heavy atom. The van der Waals surface area contributed by atoms with Crippen molar-refractivity contribution in [2.75, 3.05) is 5.32 Å². The van der Waals surface area contributed by atoms with Gasteiger partial charge in [0, 0.05) is 18.8 Å². The van der Waals surface area contributed by atoms with Gasteiger partial charge in [0.15, 0.2) is 0 Å². The second kappa shape index (κ2) is 5.16. The fraction of sp³-hybridized carbons (Fsp3) is 0.417. The molecule has 2 aromatic rings. The van der Waals surface area contributed by atoms with Crippen molar-refractivity contribution in [1.29, 1.82) is 0 Å². The molecule has 2 aromatic heterocycles. The van der Waals surface area contributed by atoms with Crippen LogP contribution in [0.1, 0.15) is 19.4 Å². The zero-order chi connectivity index (χ0) is 11.4. The van der Waals surface area contributed by atoms with E-state index in [0.29, 0.717) is 6.04 Å². The molecule has 0 aliphatic carbocycles. The van der Waals surface area contributed by atoms with Crippen LogP contribution in [0.25, 0.3) is 0 Å². The molecule has 0 saturated heterocycles. The number of hydrogen-bond donors (Lipinski definition) is 1. The van der Waals surface area contributed by atoms with Crippen molar-refractivity contribution in [1.82, 2.24) is 9.78 Å². The maximum Gasteiger partial charge on any atom is 0.0728 e. The first-order valence-electron chi connectivity index (χ1n) is 5.58. The molecule has 0 fully saturated rings. The van der Waals surface area contributed by atoms with Crippen molar-refractivity contribution in [3.63, 3.8) is 0 Å². The number of hydrogen-bond acceptors (Lipinski definition) is 3. The smallest absolute Gasteiger partial charge is 0.0728 e. The van der Waals surface area contributed by atoms with E-state index in [1.807, 2.05) is 17.1 Å². The molecule has 1 atom stereocenters. The van der Waals surface area contributed by atoms with Crippen LogP contribution in [-0.2, 0) is 13.0 Å². The number of rotatable bonds is 5. The fourth-order valence-electron chi connectivity index (χ4n) is 1.71. The molecule has 0 aliphatic heterocycles. The molecular formula is C12H17N3S. The minimum absolute atomic E-state index is 0.434. The Labute approximate surface area is 100 Å². The van der Waals surface area contributed by atoms with E-state index < -0.39 is 0 Å². The van der Waals surface area contributed by atoms with Gasteiger partial charge < -0.3 is 5.32 Å². The topological polar surface area (TPSA) is 29.9 Å². The zero-order valence-corrected chi connectivity index (χ0v) is 10.5. The van der Waals surface area contributed by atoms with Crippen LogP contribution in [0, 0.1) is 0 Å². The molecule has 2 rings (SSSR count). The first kappa shape index (κ1) is 11.2.